The Morgan fingerprint density at radius 3 is 2.38 bits per heavy atom. The molecule has 0 N–H and O–H groups in total. The Kier molecular flexibility index (Phi) is 8.59. The average Bonchev–Trinajstić information content (AvgIpc) is 2.88. The molecule has 3 aromatic rings. The summed E-state index contributed by atoms with van der Waals surface area (Å²) in [7, 11) is 0. The molecule has 1 aliphatic rings. The van der Waals surface area contributed by atoms with Crippen LogP contribution in [0.4, 0.5) is 4.39 Å². The van der Waals surface area contributed by atoms with Gasteiger partial charge in [0.15, 0.2) is 0 Å². The standard InChI is InChI=1S/C33H37F/c1-3-5-7-9-30-21-22-31-24-27(16-23-32(31)33(30)34)11-10-26-14-19-29(20-15-26)28-17-12-25(13-18-28)8-6-4-2/h4,14-16,19-25,28H,2-3,5-9,12-13,17-18H2,1H3. The van der Waals surface area contributed by atoms with Crippen LogP contribution in [-0.4, -0.2) is 0 Å². The van der Waals surface area contributed by atoms with Crippen LogP contribution in [0.1, 0.15) is 92.9 Å². The molecule has 0 spiro atoms. The van der Waals surface area contributed by atoms with E-state index in [9.17, 15) is 4.39 Å². The molecule has 1 aliphatic carbocycles. The van der Waals surface area contributed by atoms with Gasteiger partial charge in [0.25, 0.3) is 0 Å². The number of allylic oxidation sites excluding steroid dienone is 1. The summed E-state index contributed by atoms with van der Waals surface area (Å²) in [5.41, 5.74) is 4.22. The van der Waals surface area contributed by atoms with Gasteiger partial charge in [0, 0.05) is 16.5 Å². The summed E-state index contributed by atoms with van der Waals surface area (Å²) in [6, 6.07) is 18.6. The minimum atomic E-state index is -0.0709. The fourth-order valence-corrected chi connectivity index (χ4v) is 5.29. The zero-order valence-corrected chi connectivity index (χ0v) is 20.6. The molecule has 1 saturated carbocycles. The van der Waals surface area contributed by atoms with Crippen molar-refractivity contribution in [3.05, 3.63) is 95.3 Å². The van der Waals surface area contributed by atoms with E-state index in [1.807, 2.05) is 36.4 Å². The second kappa shape index (κ2) is 12.0. The van der Waals surface area contributed by atoms with Crippen LogP contribution >= 0.6 is 0 Å². The molecular weight excluding hydrogens is 415 g/mol. The third-order valence-electron chi connectivity index (χ3n) is 7.44. The SMILES string of the molecule is C=CCCC1CCC(c2ccc(C#Cc3ccc4c(F)c(CCCCC)ccc4c3)cc2)CC1. The zero-order chi connectivity index (χ0) is 23.8. The fourth-order valence-electron chi connectivity index (χ4n) is 5.29. The van der Waals surface area contributed by atoms with E-state index in [1.165, 1.54) is 37.7 Å². The summed E-state index contributed by atoms with van der Waals surface area (Å²) in [6.45, 7) is 6.03. The monoisotopic (exact) mass is 452 g/mol. The van der Waals surface area contributed by atoms with Gasteiger partial charge < -0.3 is 0 Å². The van der Waals surface area contributed by atoms with Gasteiger partial charge in [-0.25, -0.2) is 4.39 Å². The summed E-state index contributed by atoms with van der Waals surface area (Å²) in [5, 5.41) is 1.62. The molecule has 0 unspecified atom stereocenters. The van der Waals surface area contributed by atoms with Gasteiger partial charge in [0.1, 0.15) is 5.82 Å². The Labute approximate surface area is 205 Å². The summed E-state index contributed by atoms with van der Waals surface area (Å²) in [5.74, 6) is 8.06. The topological polar surface area (TPSA) is 0 Å². The third-order valence-corrected chi connectivity index (χ3v) is 7.44. The smallest absolute Gasteiger partial charge is 0.134 e. The van der Waals surface area contributed by atoms with Gasteiger partial charge >= 0.3 is 0 Å². The van der Waals surface area contributed by atoms with Crippen molar-refractivity contribution >= 4 is 10.8 Å². The molecule has 0 atom stereocenters. The molecule has 0 aliphatic heterocycles. The van der Waals surface area contributed by atoms with Crippen molar-refractivity contribution in [2.45, 2.75) is 77.0 Å². The normalized spacial score (nSPS) is 17.8. The maximum absolute atomic E-state index is 14.9. The van der Waals surface area contributed by atoms with Crippen LogP contribution in [0.15, 0.2) is 67.3 Å². The molecule has 0 bridgehead atoms. The Morgan fingerprint density at radius 1 is 0.912 bits per heavy atom. The van der Waals surface area contributed by atoms with Crippen LogP contribution in [0, 0.1) is 23.6 Å². The average molecular weight is 453 g/mol. The first-order valence-corrected chi connectivity index (χ1v) is 13.1. The van der Waals surface area contributed by atoms with Gasteiger partial charge in [-0.2, -0.15) is 0 Å². The lowest BCUT2D eigenvalue weighted by Crippen LogP contribution is -2.13. The number of aryl methyl sites for hydroxylation is 1. The minimum Gasteiger partial charge on any atom is -0.206 e. The summed E-state index contributed by atoms with van der Waals surface area (Å²) in [6.07, 6.45) is 13.9. The molecule has 4 rings (SSSR count). The maximum Gasteiger partial charge on any atom is 0.134 e. The second-order valence-electron chi connectivity index (χ2n) is 9.89. The van der Waals surface area contributed by atoms with Crippen LogP contribution in [0.5, 0.6) is 0 Å². The lowest BCUT2D eigenvalue weighted by atomic mass is 9.77. The minimum absolute atomic E-state index is 0.0709. The van der Waals surface area contributed by atoms with Gasteiger partial charge in [-0.05, 0) is 104 Å². The highest BCUT2D eigenvalue weighted by atomic mass is 19.1. The summed E-state index contributed by atoms with van der Waals surface area (Å²) in [4.78, 5) is 0. The Bertz CT molecular complexity index is 1150. The van der Waals surface area contributed by atoms with Crippen molar-refractivity contribution < 1.29 is 4.39 Å². The van der Waals surface area contributed by atoms with Crippen molar-refractivity contribution in [3.8, 4) is 11.8 Å². The number of benzene rings is 3. The third kappa shape index (κ3) is 6.18. The predicted octanol–water partition coefficient (Wildman–Crippen LogP) is 9.35. The molecule has 0 amide bonds. The largest absolute Gasteiger partial charge is 0.206 e. The van der Waals surface area contributed by atoms with Crippen molar-refractivity contribution in [1.29, 1.82) is 0 Å². The second-order valence-corrected chi connectivity index (χ2v) is 9.89. The number of unbranched alkanes of at least 4 members (excludes halogenated alkanes) is 2. The van der Waals surface area contributed by atoms with Gasteiger partial charge in [-0.3, -0.25) is 0 Å². The Hall–Kier alpha value is -2.85. The molecule has 34 heavy (non-hydrogen) atoms. The molecular formula is C33H37F. The van der Waals surface area contributed by atoms with Gasteiger partial charge in [-0.1, -0.05) is 68.0 Å². The molecule has 0 radical (unpaired) electrons. The number of hydrogen-bond acceptors (Lipinski definition) is 0. The van der Waals surface area contributed by atoms with E-state index < -0.39 is 0 Å². The number of hydrogen-bond donors (Lipinski definition) is 0. The molecule has 1 fully saturated rings. The molecule has 176 valence electrons. The number of halogens is 1. The molecule has 1 heteroatoms. The first-order valence-electron chi connectivity index (χ1n) is 13.1. The summed E-state index contributed by atoms with van der Waals surface area (Å²) >= 11 is 0. The molecule has 3 aromatic carbocycles. The number of rotatable bonds is 8. The van der Waals surface area contributed by atoms with Crippen molar-refractivity contribution in [3.63, 3.8) is 0 Å². The summed E-state index contributed by atoms with van der Waals surface area (Å²) < 4.78 is 14.9. The quantitative estimate of drug-likeness (QED) is 0.181. The van der Waals surface area contributed by atoms with E-state index in [0.29, 0.717) is 11.3 Å². The van der Waals surface area contributed by atoms with E-state index in [1.54, 1.807) is 0 Å². The van der Waals surface area contributed by atoms with E-state index in [0.717, 1.165) is 60.1 Å². The maximum atomic E-state index is 14.9. The van der Waals surface area contributed by atoms with Crippen LogP contribution < -0.4 is 0 Å². The first kappa shape index (κ1) is 24.3. The van der Waals surface area contributed by atoms with Crippen LogP contribution in [-0.2, 0) is 6.42 Å². The lowest BCUT2D eigenvalue weighted by molar-refractivity contribution is 0.312. The molecule has 0 nitrogen and oxygen atoms in total. The Balaban J connectivity index is 1.40. The van der Waals surface area contributed by atoms with Gasteiger partial charge in [-0.15, -0.1) is 6.58 Å². The van der Waals surface area contributed by atoms with Crippen molar-refractivity contribution in [1.82, 2.24) is 0 Å². The molecule has 0 aromatic heterocycles. The van der Waals surface area contributed by atoms with E-state index in [2.05, 4.69) is 49.6 Å². The molecule has 0 saturated heterocycles. The highest BCUT2D eigenvalue weighted by Gasteiger charge is 2.21. The highest BCUT2D eigenvalue weighted by molar-refractivity contribution is 5.85. The Morgan fingerprint density at radius 2 is 1.65 bits per heavy atom. The predicted molar refractivity (Wildman–Crippen MR) is 144 cm³/mol. The van der Waals surface area contributed by atoms with Crippen LogP contribution in [0.25, 0.3) is 10.8 Å². The zero-order valence-electron chi connectivity index (χ0n) is 20.6. The van der Waals surface area contributed by atoms with Crippen LogP contribution in [0.2, 0.25) is 0 Å². The van der Waals surface area contributed by atoms with Crippen molar-refractivity contribution in [2.75, 3.05) is 0 Å². The van der Waals surface area contributed by atoms with E-state index >= 15 is 0 Å². The number of fused-ring (bicyclic) bond motifs is 1. The van der Waals surface area contributed by atoms with Crippen molar-refractivity contribution in [2.24, 2.45) is 5.92 Å². The van der Waals surface area contributed by atoms with Gasteiger partial charge in [0.2, 0.25) is 0 Å². The van der Waals surface area contributed by atoms with E-state index in [4.69, 9.17) is 0 Å². The van der Waals surface area contributed by atoms with Crippen LogP contribution in [0.3, 0.4) is 0 Å². The first-order chi connectivity index (χ1) is 16.7. The highest BCUT2D eigenvalue weighted by Crippen LogP contribution is 2.37. The van der Waals surface area contributed by atoms with E-state index in [-0.39, 0.29) is 5.82 Å². The lowest BCUT2D eigenvalue weighted by Gasteiger charge is -2.28. The van der Waals surface area contributed by atoms with Gasteiger partial charge in [0.05, 0.1) is 0 Å². The fraction of sp³-hybridized carbons (Fsp3) is 0.394. The molecule has 0 heterocycles.